The normalized spacial score (nSPS) is 6.30. The Morgan fingerprint density at radius 2 is 1.70 bits per heavy atom. The minimum Gasteiger partial charge on any atom is -0.417 e. The van der Waals surface area contributed by atoms with Crippen LogP contribution in [0.5, 0.6) is 0 Å². The first-order chi connectivity index (χ1) is 3.83. The predicted molar refractivity (Wildman–Crippen MR) is 37.2 cm³/mol. The Hall–Kier alpha value is 0.976. The maximum atomic E-state index is 4.53. The topological polar surface area (TPSA) is 24.7 Å². The van der Waals surface area contributed by atoms with E-state index < -0.39 is 0 Å². The number of nitrogens with zero attached hydrogens (tertiary/aromatic N) is 2. The monoisotopic (exact) mass is 400 g/mol. The fourth-order valence-corrected chi connectivity index (χ4v) is 0.0577. The first-order valence-electron chi connectivity index (χ1n) is 2.34. The summed E-state index contributed by atoms with van der Waals surface area (Å²) in [5.74, 6) is 0. The summed E-state index contributed by atoms with van der Waals surface area (Å²) in [6, 6.07) is 0. The van der Waals surface area contributed by atoms with E-state index in [9.17, 15) is 0 Å². The molecule has 0 bridgehead atoms. The van der Waals surface area contributed by atoms with Crippen LogP contribution in [0.3, 0.4) is 0 Å². The molecule has 1 radical (unpaired) electrons. The minimum absolute atomic E-state index is 0. The summed E-state index contributed by atoms with van der Waals surface area (Å²) in [4.78, 5) is 0. The summed E-state index contributed by atoms with van der Waals surface area (Å²) in [5, 5.41) is 5.99. The van der Waals surface area contributed by atoms with E-state index in [1.165, 1.54) is 0 Å². The van der Waals surface area contributed by atoms with Gasteiger partial charge in [0.1, 0.15) is 0 Å². The van der Waals surface area contributed by atoms with Gasteiger partial charge in [0.25, 0.3) is 0 Å². The molecule has 55 valence electrons. The van der Waals surface area contributed by atoms with Crippen LogP contribution in [-0.4, -0.2) is 12.9 Å². The Morgan fingerprint density at radius 3 is 1.70 bits per heavy atom. The minimum atomic E-state index is 0. The van der Waals surface area contributed by atoms with Crippen LogP contribution in [-0.2, 0) is 18.6 Å². The third-order valence-electron chi connectivity index (χ3n) is 0.158. The van der Waals surface area contributed by atoms with E-state index in [0.29, 0.717) is 0 Å². The van der Waals surface area contributed by atoms with Crippen molar-refractivity contribution in [3.05, 3.63) is 6.42 Å². The third-order valence-corrected chi connectivity index (χ3v) is 0.158. The summed E-state index contributed by atoms with van der Waals surface area (Å²) in [7, 11) is 0. The molecule has 0 amide bonds. The van der Waals surface area contributed by atoms with Gasteiger partial charge in [0, 0.05) is 18.6 Å². The molecule has 0 heterocycles. The van der Waals surface area contributed by atoms with Gasteiger partial charge in [-0.2, -0.15) is 20.8 Å². The second-order valence-electron chi connectivity index (χ2n) is 1.02. The standard InChI is InChI=1S/C3H4N2.C3H7.U.V/c1-3-5-4-2;1-3-2;;/h2H,1H3;3H,1-2H3;;/q-2;-1;+2;. The smallest absolute Gasteiger partial charge is 0.417 e. The fraction of sp³-hybridized carbons (Fsp3) is 0.500. The van der Waals surface area contributed by atoms with Crippen LogP contribution in [0.2, 0.25) is 0 Å². The van der Waals surface area contributed by atoms with Crippen LogP contribution in [0.25, 0.3) is 0 Å². The van der Waals surface area contributed by atoms with Crippen molar-refractivity contribution in [1.82, 2.24) is 0 Å². The summed E-state index contributed by atoms with van der Waals surface area (Å²) < 4.78 is 0. The van der Waals surface area contributed by atoms with Gasteiger partial charge in [-0.25, -0.2) is 0 Å². The molecular weight excluding hydrogens is 389 g/mol. The van der Waals surface area contributed by atoms with E-state index in [0.717, 1.165) is 0 Å². The summed E-state index contributed by atoms with van der Waals surface area (Å²) in [5.41, 5.74) is 0. The van der Waals surface area contributed by atoms with Gasteiger partial charge in [-0.1, -0.05) is 0 Å². The van der Waals surface area contributed by atoms with Crippen molar-refractivity contribution < 1.29 is 49.7 Å². The molecule has 0 aliphatic heterocycles. The molecule has 2 nitrogen and oxygen atoms in total. The fourth-order valence-electron chi connectivity index (χ4n) is 0.0577. The molecule has 0 N–H and O–H groups in total. The van der Waals surface area contributed by atoms with Gasteiger partial charge in [-0.05, 0) is 0 Å². The largest absolute Gasteiger partial charge is 2.00 e. The molecule has 0 saturated heterocycles. The third kappa shape index (κ3) is 64.5. The molecule has 0 rings (SSSR count). The second-order valence-corrected chi connectivity index (χ2v) is 1.02. The first-order valence-corrected chi connectivity index (χ1v) is 2.34. The number of hydrogen-bond acceptors (Lipinski definition) is 2. The quantitative estimate of drug-likeness (QED) is 0.364. The van der Waals surface area contributed by atoms with E-state index in [4.69, 9.17) is 0 Å². The molecule has 10 heavy (non-hydrogen) atoms. The van der Waals surface area contributed by atoms with E-state index >= 15 is 0 Å². The average Bonchev–Trinajstić information content (AvgIpc) is 1.71. The summed E-state index contributed by atoms with van der Waals surface area (Å²) in [6.45, 7) is 10.2. The Kier molecular flexibility index (Phi) is 72.9. The number of hydrogen-bond donors (Lipinski definition) is 0. The van der Waals surface area contributed by atoms with Gasteiger partial charge >= 0.3 is 31.1 Å². The molecule has 0 atom stereocenters. The van der Waals surface area contributed by atoms with Gasteiger partial charge < -0.3 is 29.6 Å². The SMILES string of the molecule is C[CH-]C.[CH-]=NN=[C-]C.[U+2].[V]. The Morgan fingerprint density at radius 1 is 1.40 bits per heavy atom. The van der Waals surface area contributed by atoms with E-state index in [1.54, 1.807) is 6.92 Å². The van der Waals surface area contributed by atoms with E-state index in [2.05, 4.69) is 23.1 Å². The van der Waals surface area contributed by atoms with Crippen molar-refractivity contribution in [2.24, 2.45) is 10.2 Å². The van der Waals surface area contributed by atoms with E-state index in [-0.39, 0.29) is 49.7 Å². The zero-order chi connectivity index (χ0) is 6.83. The van der Waals surface area contributed by atoms with Crippen molar-refractivity contribution in [2.75, 3.05) is 0 Å². The maximum absolute atomic E-state index is 4.53. The van der Waals surface area contributed by atoms with Gasteiger partial charge in [-0.15, -0.1) is 0 Å². The van der Waals surface area contributed by atoms with Gasteiger partial charge in [0.2, 0.25) is 0 Å². The van der Waals surface area contributed by atoms with Crippen molar-refractivity contribution >= 4 is 12.9 Å². The molecular formula is C6H11N2UV-. The van der Waals surface area contributed by atoms with Gasteiger partial charge in [0.05, 0.1) is 0 Å². The Balaban J connectivity index is -0.0000000326. The summed E-state index contributed by atoms with van der Waals surface area (Å²) in [6.07, 6.45) is 4.35. The average molecular weight is 400 g/mol. The Bertz CT molecular complexity index is 66.8. The molecule has 0 unspecified atom stereocenters. The number of rotatable bonds is 1. The van der Waals surface area contributed by atoms with E-state index in [1.807, 2.05) is 20.3 Å². The van der Waals surface area contributed by atoms with Gasteiger partial charge in [0.15, 0.2) is 0 Å². The molecule has 0 aromatic rings. The summed E-state index contributed by atoms with van der Waals surface area (Å²) >= 11 is 0. The molecule has 0 aliphatic rings. The zero-order valence-electron chi connectivity index (χ0n) is 6.50. The predicted octanol–water partition coefficient (Wildman–Crippen LogP) is 1.67. The van der Waals surface area contributed by atoms with Crippen molar-refractivity contribution in [2.45, 2.75) is 20.8 Å². The molecule has 0 aromatic carbocycles. The molecule has 0 saturated carbocycles. The van der Waals surface area contributed by atoms with Gasteiger partial charge in [-0.3, -0.25) is 0 Å². The van der Waals surface area contributed by atoms with Crippen molar-refractivity contribution in [3.63, 3.8) is 0 Å². The van der Waals surface area contributed by atoms with Crippen LogP contribution in [0.15, 0.2) is 10.2 Å². The van der Waals surface area contributed by atoms with Crippen LogP contribution in [0, 0.1) is 37.5 Å². The van der Waals surface area contributed by atoms with Crippen molar-refractivity contribution in [1.29, 1.82) is 0 Å². The van der Waals surface area contributed by atoms with Crippen LogP contribution < -0.4 is 0 Å². The molecule has 0 aliphatic carbocycles. The second kappa shape index (κ2) is 32.5. The molecule has 0 spiro atoms. The first kappa shape index (κ1) is 22.4. The van der Waals surface area contributed by atoms with Crippen LogP contribution in [0.4, 0.5) is 0 Å². The molecule has 4 heteroatoms. The van der Waals surface area contributed by atoms with Crippen molar-refractivity contribution in [3.8, 4) is 0 Å². The van der Waals surface area contributed by atoms with Crippen LogP contribution in [0.1, 0.15) is 20.8 Å². The molecule has 0 aromatic heterocycles. The van der Waals surface area contributed by atoms with Crippen LogP contribution >= 0.6 is 0 Å². The molecule has 0 fully saturated rings. The Labute approximate surface area is 99.2 Å². The zero-order valence-corrected chi connectivity index (χ0v) is 12.1. The maximum Gasteiger partial charge on any atom is 2.00 e.